The zero-order chi connectivity index (χ0) is 40.4. The minimum atomic E-state index is -0.319. The first-order chi connectivity index (χ1) is 25.9. The molecule has 0 bridgehead atoms. The molecule has 6 rings (SSSR count). The molecule has 0 radical (unpaired) electrons. The van der Waals surface area contributed by atoms with Crippen LogP contribution < -0.4 is 5.73 Å². The number of hydrogen-bond acceptors (Lipinski definition) is 1. The van der Waals surface area contributed by atoms with Gasteiger partial charge in [-0.15, -0.1) is 13.2 Å². The van der Waals surface area contributed by atoms with E-state index in [1.165, 1.54) is 62.7 Å². The van der Waals surface area contributed by atoms with Gasteiger partial charge in [0.1, 0.15) is 0 Å². The molecule has 0 fully saturated rings. The van der Waals surface area contributed by atoms with Crippen molar-refractivity contribution in [3.63, 3.8) is 0 Å². The highest BCUT2D eigenvalue weighted by Crippen LogP contribution is 2.61. The summed E-state index contributed by atoms with van der Waals surface area (Å²) in [4.78, 5) is 0. The topological polar surface area (TPSA) is 26.0 Å². The van der Waals surface area contributed by atoms with Crippen LogP contribution in [-0.2, 0) is 5.41 Å². The Morgan fingerprint density at radius 3 is 1.53 bits per heavy atom. The Morgan fingerprint density at radius 2 is 1.15 bits per heavy atom. The van der Waals surface area contributed by atoms with E-state index >= 15 is 0 Å². The van der Waals surface area contributed by atoms with Crippen LogP contribution in [0.2, 0.25) is 0 Å². The third-order valence-electron chi connectivity index (χ3n) is 9.10. The van der Waals surface area contributed by atoms with Crippen molar-refractivity contribution in [3.8, 4) is 11.1 Å². The third-order valence-corrected chi connectivity index (χ3v) is 9.10. The van der Waals surface area contributed by atoms with Gasteiger partial charge in [-0.05, 0) is 84.2 Å². The minimum absolute atomic E-state index is 0.319. The average Bonchev–Trinajstić information content (AvgIpc) is 3.52. The summed E-state index contributed by atoms with van der Waals surface area (Å²) in [6.07, 6.45) is 12.9. The van der Waals surface area contributed by atoms with Crippen molar-refractivity contribution >= 4 is 0 Å². The maximum Gasteiger partial charge on any atom is 0.0719 e. The monoisotopic (exact) mass is 710 g/mol. The summed E-state index contributed by atoms with van der Waals surface area (Å²) in [5.74, 6) is 1.01. The molecule has 2 N–H and O–H groups in total. The number of fused-ring (bicyclic) bond motifs is 7. The average molecular weight is 710 g/mol. The fourth-order valence-corrected chi connectivity index (χ4v) is 7.05. The van der Waals surface area contributed by atoms with Gasteiger partial charge in [0.2, 0.25) is 0 Å². The quantitative estimate of drug-likeness (QED) is 0.157. The van der Waals surface area contributed by atoms with Crippen LogP contribution in [0.3, 0.4) is 0 Å². The molecule has 1 atom stereocenters. The predicted molar refractivity (Wildman–Crippen MR) is 242 cm³/mol. The van der Waals surface area contributed by atoms with E-state index in [1.54, 1.807) is 0 Å². The van der Waals surface area contributed by atoms with Crippen molar-refractivity contribution < 1.29 is 0 Å². The number of aryl methyl sites for hydroxylation is 1. The molecule has 0 saturated heterocycles. The molecule has 0 aromatic heterocycles. The van der Waals surface area contributed by atoms with Gasteiger partial charge in [-0.2, -0.15) is 0 Å². The molecule has 0 aliphatic heterocycles. The van der Waals surface area contributed by atoms with Crippen molar-refractivity contribution in [2.24, 2.45) is 11.7 Å². The first-order valence-electron chi connectivity index (χ1n) is 19.6. The predicted octanol–water partition coefficient (Wildman–Crippen LogP) is 15.2. The Hall–Kier alpha value is -4.72. The van der Waals surface area contributed by atoms with Crippen LogP contribution in [0.4, 0.5) is 0 Å². The van der Waals surface area contributed by atoms with Crippen LogP contribution >= 0.6 is 0 Å². The van der Waals surface area contributed by atoms with Crippen molar-refractivity contribution in [2.75, 3.05) is 7.05 Å². The van der Waals surface area contributed by atoms with Crippen molar-refractivity contribution in [2.45, 2.75) is 93.4 Å². The Kier molecular flexibility index (Phi) is 24.6. The summed E-state index contributed by atoms with van der Waals surface area (Å²) >= 11 is 0. The van der Waals surface area contributed by atoms with Gasteiger partial charge in [0.05, 0.1) is 5.41 Å². The minimum Gasteiger partial charge on any atom is -0.333 e. The number of hydrogen-bond donors (Lipinski definition) is 1. The smallest absolute Gasteiger partial charge is 0.0719 e. The van der Waals surface area contributed by atoms with E-state index in [9.17, 15) is 0 Å². The SMILES string of the molecule is C/C=C(\C=C/CC)C(C)C.C=C.C=CC1=C(C=C)C2(c3ccccc3-c3ccccc32)c2ccccc2C1CC.CC.CC.CN.Cc1ccccc1. The van der Waals surface area contributed by atoms with Gasteiger partial charge in [0.25, 0.3) is 0 Å². The highest BCUT2D eigenvalue weighted by atomic mass is 14.5. The lowest BCUT2D eigenvalue weighted by molar-refractivity contribution is 0.652. The Balaban J connectivity index is 0.000000894. The number of benzene rings is 4. The van der Waals surface area contributed by atoms with E-state index in [0.717, 1.165) is 12.8 Å². The second kappa shape index (κ2) is 27.0. The third kappa shape index (κ3) is 11.4. The molecule has 0 heterocycles. The first kappa shape index (κ1) is 48.3. The lowest BCUT2D eigenvalue weighted by atomic mass is 9.58. The molecule has 4 aromatic carbocycles. The Labute approximate surface area is 326 Å². The molecular weight excluding hydrogens is 639 g/mol. The Bertz CT molecular complexity index is 1670. The number of allylic oxidation sites excluding steroid dienone is 8. The van der Waals surface area contributed by atoms with E-state index in [1.807, 2.05) is 45.9 Å². The first-order valence-corrected chi connectivity index (χ1v) is 19.6. The van der Waals surface area contributed by atoms with Gasteiger partial charge in [-0.25, -0.2) is 0 Å². The second-order valence-electron chi connectivity index (χ2n) is 12.1. The summed E-state index contributed by atoms with van der Waals surface area (Å²) in [6.45, 7) is 35.5. The summed E-state index contributed by atoms with van der Waals surface area (Å²) in [5, 5.41) is 0. The van der Waals surface area contributed by atoms with Gasteiger partial charge < -0.3 is 5.73 Å². The normalized spacial score (nSPS) is 13.8. The number of rotatable bonds is 6. The maximum absolute atomic E-state index is 4.50. The zero-order valence-electron chi connectivity index (χ0n) is 35.2. The zero-order valence-corrected chi connectivity index (χ0v) is 35.2. The van der Waals surface area contributed by atoms with Crippen molar-refractivity contribution in [3.05, 3.63) is 204 Å². The van der Waals surface area contributed by atoms with Crippen molar-refractivity contribution in [1.82, 2.24) is 0 Å². The lowest BCUT2D eigenvalue weighted by Crippen LogP contribution is -2.35. The Morgan fingerprint density at radius 1 is 0.698 bits per heavy atom. The van der Waals surface area contributed by atoms with E-state index in [0.29, 0.717) is 11.8 Å². The molecule has 1 unspecified atom stereocenters. The van der Waals surface area contributed by atoms with Crippen LogP contribution in [0.1, 0.15) is 109 Å². The van der Waals surface area contributed by atoms with Gasteiger partial charge in [-0.1, -0.05) is 213 Å². The fraction of sp³-hybridized carbons (Fsp3) is 0.308. The van der Waals surface area contributed by atoms with Gasteiger partial charge in [-0.3, -0.25) is 0 Å². The highest BCUT2D eigenvalue weighted by molar-refractivity contribution is 5.88. The van der Waals surface area contributed by atoms with Crippen LogP contribution in [0, 0.1) is 12.8 Å². The molecule has 2 aliphatic rings. The molecule has 53 heavy (non-hydrogen) atoms. The molecule has 284 valence electrons. The van der Waals surface area contributed by atoms with Crippen LogP contribution in [0.5, 0.6) is 0 Å². The lowest BCUT2D eigenvalue weighted by Gasteiger charge is -2.43. The summed E-state index contributed by atoms with van der Waals surface area (Å²) < 4.78 is 0. The molecule has 2 aliphatic carbocycles. The van der Waals surface area contributed by atoms with Gasteiger partial charge in [0, 0.05) is 5.92 Å². The summed E-state index contributed by atoms with van der Waals surface area (Å²) in [5.41, 5.74) is 17.7. The highest BCUT2D eigenvalue weighted by Gasteiger charge is 2.51. The maximum atomic E-state index is 4.50. The van der Waals surface area contributed by atoms with Crippen LogP contribution in [0.15, 0.2) is 177 Å². The molecule has 4 aromatic rings. The molecule has 0 amide bonds. The second-order valence-corrected chi connectivity index (χ2v) is 12.1. The largest absolute Gasteiger partial charge is 0.333 e. The van der Waals surface area contributed by atoms with Gasteiger partial charge in [0.15, 0.2) is 0 Å². The molecule has 1 spiro atoms. The summed E-state index contributed by atoms with van der Waals surface area (Å²) in [6, 6.07) is 36.9. The van der Waals surface area contributed by atoms with Crippen molar-refractivity contribution in [1.29, 1.82) is 0 Å². The van der Waals surface area contributed by atoms with E-state index in [4.69, 9.17) is 0 Å². The van der Waals surface area contributed by atoms with E-state index in [-0.39, 0.29) is 5.41 Å². The standard InChI is InChI=1S/C28H24.C10H18.C7H8.2C2H6.C2H4.CH5N/c1-4-19-20(5-2)24(6-3)28(25-16-10-7-13-21(19)25)26-17-11-8-14-22(26)23-15-9-12-18-27(23)28;1-5-7-8-10(6-2)9(3)4;1-7-5-3-2-4-6-7;4*1-2/h5-19H,2-4H2,1H3;6-9H,5H2,1-4H3;2-6H,1H3;2*1-2H3;1-2H2;2H2,1H3/b;8-7-,10-6+;;;;;. The van der Waals surface area contributed by atoms with E-state index in [2.05, 4.69) is 189 Å². The van der Waals surface area contributed by atoms with Crippen LogP contribution in [0.25, 0.3) is 11.1 Å². The van der Waals surface area contributed by atoms with Gasteiger partial charge >= 0.3 is 0 Å². The molecule has 1 heteroatoms. The molecule has 0 saturated carbocycles. The van der Waals surface area contributed by atoms with E-state index < -0.39 is 0 Å². The van der Waals surface area contributed by atoms with Crippen LogP contribution in [-0.4, -0.2) is 7.05 Å². The number of nitrogens with two attached hydrogens (primary N) is 1. The molecular formula is C52H71N. The molecule has 1 nitrogen and oxygen atoms in total. The fourth-order valence-electron chi connectivity index (χ4n) is 7.05. The summed E-state index contributed by atoms with van der Waals surface area (Å²) in [7, 11) is 1.50.